The minimum absolute atomic E-state index is 0.683. The summed E-state index contributed by atoms with van der Waals surface area (Å²) in [6.07, 6.45) is 8.13. The fraction of sp³-hybridized carbons (Fsp3) is 0.684. The van der Waals surface area contributed by atoms with Crippen LogP contribution >= 0.6 is 0 Å². The molecule has 0 radical (unpaired) electrons. The van der Waals surface area contributed by atoms with E-state index < -0.39 is 0 Å². The summed E-state index contributed by atoms with van der Waals surface area (Å²) in [6, 6.07) is 11.5. The van der Waals surface area contributed by atoms with Crippen LogP contribution in [0, 0.1) is 0 Å². The van der Waals surface area contributed by atoms with Crippen LogP contribution < -0.4 is 0 Å². The minimum Gasteiger partial charge on any atom is -0.298 e. The number of fused-ring (bicyclic) bond motifs is 2. The first-order valence-corrected chi connectivity index (χ1v) is 8.94. The Bertz CT molecular complexity index is 498. The molecule has 4 rings (SSSR count). The number of rotatable bonds is 2. The molecular weight excluding hydrogens is 256 g/mol. The first-order chi connectivity index (χ1) is 10.4. The molecule has 2 heterocycles. The van der Waals surface area contributed by atoms with Gasteiger partial charge in [0.1, 0.15) is 0 Å². The van der Waals surface area contributed by atoms with Gasteiger partial charge in [0.2, 0.25) is 0 Å². The highest BCUT2D eigenvalue weighted by Gasteiger charge is 2.39. The zero-order chi connectivity index (χ0) is 14.2. The lowest BCUT2D eigenvalue weighted by Crippen LogP contribution is -2.56. The molecule has 2 nitrogen and oxygen atoms in total. The van der Waals surface area contributed by atoms with Crippen LogP contribution in [0.15, 0.2) is 24.3 Å². The molecule has 2 aliphatic heterocycles. The highest BCUT2D eigenvalue weighted by molar-refractivity contribution is 5.32. The molecule has 114 valence electrons. The quantitative estimate of drug-likeness (QED) is 0.818. The summed E-state index contributed by atoms with van der Waals surface area (Å²) >= 11 is 0. The summed E-state index contributed by atoms with van der Waals surface area (Å²) in [7, 11) is 0. The van der Waals surface area contributed by atoms with E-state index in [9.17, 15) is 0 Å². The number of piperazine rings is 1. The van der Waals surface area contributed by atoms with Gasteiger partial charge in [-0.3, -0.25) is 9.80 Å². The molecule has 2 heteroatoms. The summed E-state index contributed by atoms with van der Waals surface area (Å²) < 4.78 is 0. The fourth-order valence-corrected chi connectivity index (χ4v) is 4.93. The third-order valence-corrected chi connectivity index (χ3v) is 6.04. The smallest absolute Gasteiger partial charge is 0.0355 e. The van der Waals surface area contributed by atoms with E-state index in [1.165, 1.54) is 58.2 Å². The van der Waals surface area contributed by atoms with Gasteiger partial charge in [0.25, 0.3) is 0 Å². The lowest BCUT2D eigenvalue weighted by Gasteiger charge is -2.48. The number of nitrogens with zero attached hydrogens (tertiary/aromatic N) is 2. The molecule has 3 aliphatic rings. The molecule has 21 heavy (non-hydrogen) atoms. The van der Waals surface area contributed by atoms with Gasteiger partial charge in [-0.05, 0) is 56.2 Å². The molecule has 0 saturated carbocycles. The highest BCUT2D eigenvalue weighted by atomic mass is 15.3. The predicted octanol–water partition coefficient (Wildman–Crippen LogP) is 3.62. The summed E-state index contributed by atoms with van der Waals surface area (Å²) in [5.41, 5.74) is 3.24. The summed E-state index contributed by atoms with van der Waals surface area (Å²) in [4.78, 5) is 5.64. The van der Waals surface area contributed by atoms with Gasteiger partial charge in [0, 0.05) is 31.2 Å². The molecule has 0 bridgehead atoms. The maximum Gasteiger partial charge on any atom is 0.0355 e. The second kappa shape index (κ2) is 5.73. The Morgan fingerprint density at radius 1 is 1.10 bits per heavy atom. The SMILES string of the molecule is CCC1CN2CCCC2CN1C1CCCc2ccccc21. The number of hydrogen-bond acceptors (Lipinski definition) is 2. The van der Waals surface area contributed by atoms with E-state index in [1.54, 1.807) is 11.1 Å². The molecule has 1 aromatic rings. The Hall–Kier alpha value is -0.860. The van der Waals surface area contributed by atoms with E-state index in [4.69, 9.17) is 0 Å². The van der Waals surface area contributed by atoms with Gasteiger partial charge in [-0.1, -0.05) is 31.2 Å². The van der Waals surface area contributed by atoms with Gasteiger partial charge < -0.3 is 0 Å². The van der Waals surface area contributed by atoms with Crippen molar-refractivity contribution in [3.8, 4) is 0 Å². The third-order valence-electron chi connectivity index (χ3n) is 6.04. The molecule has 3 atom stereocenters. The maximum atomic E-state index is 2.88. The molecule has 0 N–H and O–H groups in total. The zero-order valence-corrected chi connectivity index (χ0v) is 13.3. The molecule has 0 aromatic heterocycles. The van der Waals surface area contributed by atoms with Crippen molar-refractivity contribution >= 4 is 0 Å². The predicted molar refractivity (Wildman–Crippen MR) is 87.5 cm³/mol. The first-order valence-electron chi connectivity index (χ1n) is 8.94. The average Bonchev–Trinajstić information content (AvgIpc) is 3.00. The molecule has 3 unspecified atom stereocenters. The number of aryl methyl sites for hydroxylation is 1. The van der Waals surface area contributed by atoms with E-state index >= 15 is 0 Å². The van der Waals surface area contributed by atoms with E-state index in [0.29, 0.717) is 6.04 Å². The number of benzene rings is 1. The van der Waals surface area contributed by atoms with Crippen LogP contribution in [0.3, 0.4) is 0 Å². The zero-order valence-electron chi connectivity index (χ0n) is 13.3. The summed E-state index contributed by atoms with van der Waals surface area (Å²) in [6.45, 7) is 6.33. The number of hydrogen-bond donors (Lipinski definition) is 0. The summed E-state index contributed by atoms with van der Waals surface area (Å²) in [5, 5.41) is 0. The van der Waals surface area contributed by atoms with Crippen molar-refractivity contribution in [1.29, 1.82) is 0 Å². The second-order valence-electron chi connectivity index (χ2n) is 7.16. The van der Waals surface area contributed by atoms with Gasteiger partial charge in [-0.25, -0.2) is 0 Å². The van der Waals surface area contributed by atoms with Crippen LogP contribution in [0.1, 0.15) is 56.2 Å². The minimum atomic E-state index is 0.683. The lowest BCUT2D eigenvalue weighted by atomic mass is 9.85. The van der Waals surface area contributed by atoms with Gasteiger partial charge in [-0.15, -0.1) is 0 Å². The molecular formula is C19H28N2. The van der Waals surface area contributed by atoms with Gasteiger partial charge in [0.15, 0.2) is 0 Å². The molecule has 1 aromatic carbocycles. The molecule has 2 saturated heterocycles. The normalized spacial score (nSPS) is 33.7. The molecule has 2 fully saturated rings. The van der Waals surface area contributed by atoms with Gasteiger partial charge in [-0.2, -0.15) is 0 Å². The highest BCUT2D eigenvalue weighted by Crippen LogP contribution is 2.38. The second-order valence-corrected chi connectivity index (χ2v) is 7.16. The third kappa shape index (κ3) is 2.43. The van der Waals surface area contributed by atoms with Crippen molar-refractivity contribution < 1.29 is 0 Å². The Morgan fingerprint density at radius 3 is 2.90 bits per heavy atom. The first kappa shape index (κ1) is 13.8. The maximum absolute atomic E-state index is 2.88. The average molecular weight is 284 g/mol. The van der Waals surface area contributed by atoms with Crippen molar-refractivity contribution in [2.24, 2.45) is 0 Å². The van der Waals surface area contributed by atoms with Crippen LogP contribution in [0.25, 0.3) is 0 Å². The van der Waals surface area contributed by atoms with Crippen LogP contribution in [0.2, 0.25) is 0 Å². The van der Waals surface area contributed by atoms with Crippen molar-refractivity contribution in [3.63, 3.8) is 0 Å². The standard InChI is InChI=1S/C19H28N2/c1-2-16-13-20-12-6-9-17(20)14-21(16)19-11-5-8-15-7-3-4-10-18(15)19/h3-4,7,10,16-17,19H,2,5-6,8-9,11-14H2,1H3. The van der Waals surface area contributed by atoms with Crippen LogP contribution in [0.5, 0.6) is 0 Å². The van der Waals surface area contributed by atoms with Crippen molar-refractivity contribution in [3.05, 3.63) is 35.4 Å². The van der Waals surface area contributed by atoms with Crippen LogP contribution in [-0.2, 0) is 6.42 Å². The van der Waals surface area contributed by atoms with E-state index in [1.807, 2.05) is 0 Å². The molecule has 1 aliphatic carbocycles. The molecule has 0 amide bonds. The van der Waals surface area contributed by atoms with Gasteiger partial charge >= 0.3 is 0 Å². The Balaban J connectivity index is 1.62. The van der Waals surface area contributed by atoms with Crippen molar-refractivity contribution in [2.45, 2.75) is 63.6 Å². The van der Waals surface area contributed by atoms with Crippen molar-refractivity contribution in [2.75, 3.05) is 19.6 Å². The summed E-state index contributed by atoms with van der Waals surface area (Å²) in [5.74, 6) is 0. The lowest BCUT2D eigenvalue weighted by molar-refractivity contribution is 0.0123. The molecule has 0 spiro atoms. The van der Waals surface area contributed by atoms with E-state index in [2.05, 4.69) is 41.0 Å². The Kier molecular flexibility index (Phi) is 3.76. The van der Waals surface area contributed by atoms with Crippen LogP contribution in [-0.4, -0.2) is 41.5 Å². The monoisotopic (exact) mass is 284 g/mol. The fourth-order valence-electron chi connectivity index (χ4n) is 4.93. The topological polar surface area (TPSA) is 6.48 Å². The van der Waals surface area contributed by atoms with Crippen molar-refractivity contribution in [1.82, 2.24) is 9.80 Å². The Labute approximate surface area is 129 Å². The van der Waals surface area contributed by atoms with Gasteiger partial charge in [0.05, 0.1) is 0 Å². The Morgan fingerprint density at radius 2 is 2.00 bits per heavy atom. The van der Waals surface area contributed by atoms with Crippen LogP contribution in [0.4, 0.5) is 0 Å². The van der Waals surface area contributed by atoms with E-state index in [-0.39, 0.29) is 0 Å². The van der Waals surface area contributed by atoms with E-state index in [0.717, 1.165) is 12.1 Å². The largest absolute Gasteiger partial charge is 0.298 e.